The maximum absolute atomic E-state index is 14.7. The average molecular weight is 498 g/mol. The van der Waals surface area contributed by atoms with E-state index in [0.717, 1.165) is 37.8 Å². The maximum atomic E-state index is 14.7. The van der Waals surface area contributed by atoms with Crippen molar-refractivity contribution in [3.63, 3.8) is 0 Å². The summed E-state index contributed by atoms with van der Waals surface area (Å²) in [7, 11) is 1.73. The molecule has 9 heteroatoms. The number of nitrogens with one attached hydrogen (secondary N) is 1. The molecule has 1 aliphatic heterocycles. The summed E-state index contributed by atoms with van der Waals surface area (Å²) in [5.41, 5.74) is 1.02. The number of hydrogen-bond donors (Lipinski definition) is 1. The Hall–Kier alpha value is -2.67. The molecule has 0 spiro atoms. The molecule has 2 aliphatic rings. The zero-order valence-electron chi connectivity index (χ0n) is 21.2. The Morgan fingerprint density at radius 2 is 2.00 bits per heavy atom. The van der Waals surface area contributed by atoms with Crippen LogP contribution in [0, 0.1) is 28.5 Å². The van der Waals surface area contributed by atoms with Gasteiger partial charge in [-0.05, 0) is 63.9 Å². The lowest BCUT2D eigenvalue weighted by atomic mass is 9.83. The van der Waals surface area contributed by atoms with Crippen molar-refractivity contribution in [2.45, 2.75) is 64.0 Å². The summed E-state index contributed by atoms with van der Waals surface area (Å²) in [6.07, 6.45) is 10.8. The van der Waals surface area contributed by atoms with Crippen LogP contribution >= 0.6 is 0 Å². The molecule has 3 heterocycles. The quantitative estimate of drug-likeness (QED) is 0.523. The van der Waals surface area contributed by atoms with E-state index in [0.29, 0.717) is 61.9 Å². The zero-order chi connectivity index (χ0) is 25.4. The van der Waals surface area contributed by atoms with Gasteiger partial charge in [-0.2, -0.15) is 5.26 Å². The first-order chi connectivity index (χ1) is 17.5. The van der Waals surface area contributed by atoms with Crippen molar-refractivity contribution < 1.29 is 18.6 Å². The van der Waals surface area contributed by atoms with E-state index in [1.54, 1.807) is 13.2 Å². The molecule has 2 fully saturated rings. The van der Waals surface area contributed by atoms with Gasteiger partial charge < -0.3 is 19.5 Å². The molecule has 1 atom stereocenters. The molecule has 0 amide bonds. The van der Waals surface area contributed by atoms with Crippen molar-refractivity contribution in [2.24, 2.45) is 11.3 Å². The number of ether oxygens (including phenoxy) is 3. The van der Waals surface area contributed by atoms with Gasteiger partial charge in [-0.1, -0.05) is 0 Å². The fourth-order valence-corrected chi connectivity index (χ4v) is 5.13. The number of nitrogens with zero attached hydrogens (tertiary/aromatic N) is 4. The Bertz CT molecular complexity index is 1030. The first-order valence-electron chi connectivity index (χ1n) is 12.8. The number of pyridine rings is 1. The van der Waals surface area contributed by atoms with E-state index in [2.05, 4.69) is 33.3 Å². The van der Waals surface area contributed by atoms with Gasteiger partial charge in [0.2, 0.25) is 5.88 Å². The van der Waals surface area contributed by atoms with E-state index < -0.39 is 11.2 Å². The molecule has 1 saturated heterocycles. The second-order valence-electron chi connectivity index (χ2n) is 10.1. The lowest BCUT2D eigenvalue weighted by Crippen LogP contribution is -2.41. The second kappa shape index (κ2) is 12.5. The number of aromatic nitrogens is 3. The smallest absolute Gasteiger partial charge is 0.232 e. The lowest BCUT2D eigenvalue weighted by Gasteiger charge is -2.31. The molecule has 1 aliphatic carbocycles. The van der Waals surface area contributed by atoms with Crippen molar-refractivity contribution in [1.29, 1.82) is 5.26 Å². The van der Waals surface area contributed by atoms with Crippen LogP contribution in [0.1, 0.15) is 51.1 Å². The molecule has 2 aromatic rings. The maximum Gasteiger partial charge on any atom is 0.232 e. The molecule has 1 N–H and O–H groups in total. The van der Waals surface area contributed by atoms with Crippen LogP contribution in [0.15, 0.2) is 24.7 Å². The van der Waals surface area contributed by atoms with Crippen LogP contribution in [0.4, 0.5) is 4.39 Å². The topological polar surface area (TPSA) is 102 Å². The largest absolute Gasteiger partial charge is 0.475 e. The predicted molar refractivity (Wildman–Crippen MR) is 133 cm³/mol. The Kier molecular flexibility index (Phi) is 9.19. The number of nitriles is 1. The minimum absolute atomic E-state index is 0.205. The summed E-state index contributed by atoms with van der Waals surface area (Å²) < 4.78 is 31.2. The molecule has 194 valence electrons. The second-order valence-corrected chi connectivity index (χ2v) is 10.1. The highest BCUT2D eigenvalue weighted by atomic mass is 19.1. The van der Waals surface area contributed by atoms with Crippen LogP contribution < -0.4 is 10.1 Å². The Labute approximate surface area is 212 Å². The van der Waals surface area contributed by atoms with Gasteiger partial charge in [0, 0.05) is 43.7 Å². The van der Waals surface area contributed by atoms with Crippen LogP contribution in [0.2, 0.25) is 0 Å². The van der Waals surface area contributed by atoms with E-state index in [-0.39, 0.29) is 12.5 Å². The fraction of sp³-hybridized carbons (Fsp3) is 0.630. The van der Waals surface area contributed by atoms with Crippen LogP contribution in [-0.2, 0) is 15.9 Å². The highest BCUT2D eigenvalue weighted by molar-refractivity contribution is 5.59. The van der Waals surface area contributed by atoms with Gasteiger partial charge in [-0.15, -0.1) is 0 Å². The highest BCUT2D eigenvalue weighted by Gasteiger charge is 2.34. The molecule has 8 nitrogen and oxygen atoms in total. The number of halogens is 1. The predicted octanol–water partition coefficient (Wildman–Crippen LogP) is 4.10. The average Bonchev–Trinajstić information content (AvgIpc) is 2.90. The van der Waals surface area contributed by atoms with E-state index >= 15 is 0 Å². The van der Waals surface area contributed by atoms with Gasteiger partial charge in [0.1, 0.15) is 6.61 Å². The fourth-order valence-electron chi connectivity index (χ4n) is 5.13. The third kappa shape index (κ3) is 6.96. The van der Waals surface area contributed by atoms with Crippen molar-refractivity contribution in [1.82, 2.24) is 20.3 Å². The summed E-state index contributed by atoms with van der Waals surface area (Å²) in [5, 5.41) is 13.3. The number of hydrogen-bond acceptors (Lipinski definition) is 8. The first-order valence-corrected chi connectivity index (χ1v) is 12.8. The highest BCUT2D eigenvalue weighted by Crippen LogP contribution is 2.31. The van der Waals surface area contributed by atoms with Gasteiger partial charge in [0.15, 0.2) is 5.82 Å². The summed E-state index contributed by atoms with van der Waals surface area (Å²) in [5.74, 6) is 0.358. The minimum atomic E-state index is -0.596. The standard InChI is InChI=1S/C27H36FN5O3/c1-19(16-34-2)32-21-5-3-20(4-6-21)11-22-12-23(24(28)13-31-22)25-14-30-15-26(33-25)36-18-27(17-29)7-9-35-10-8-27/h12-15,19-21,32H,3-11,16,18H2,1-2H3/t19-,20?,21?/m0/s1. The summed E-state index contributed by atoms with van der Waals surface area (Å²) in [6, 6.07) is 5.02. The number of methoxy groups -OCH3 is 1. The summed E-state index contributed by atoms with van der Waals surface area (Å²) in [6.45, 7) is 4.15. The molecule has 0 aromatic carbocycles. The molecule has 0 radical (unpaired) electrons. The Morgan fingerprint density at radius 1 is 1.22 bits per heavy atom. The summed E-state index contributed by atoms with van der Waals surface area (Å²) in [4.78, 5) is 13.0. The van der Waals surface area contributed by atoms with Crippen molar-refractivity contribution in [3.8, 4) is 23.2 Å². The van der Waals surface area contributed by atoms with Gasteiger partial charge in [-0.3, -0.25) is 9.97 Å². The molecule has 2 aromatic heterocycles. The van der Waals surface area contributed by atoms with E-state index in [9.17, 15) is 9.65 Å². The van der Waals surface area contributed by atoms with Gasteiger partial charge in [0.25, 0.3) is 0 Å². The molecule has 0 bridgehead atoms. The molecule has 36 heavy (non-hydrogen) atoms. The third-order valence-corrected chi connectivity index (χ3v) is 7.27. The molecular formula is C27H36FN5O3. The van der Waals surface area contributed by atoms with Crippen molar-refractivity contribution in [3.05, 3.63) is 36.2 Å². The van der Waals surface area contributed by atoms with E-state index in [1.165, 1.54) is 18.6 Å². The SMILES string of the molecule is COC[C@H](C)NC1CCC(Cc2cc(-c3cncc(OCC4(C#N)CCOCC4)n3)c(F)cn2)CC1. The molecular weight excluding hydrogens is 461 g/mol. The van der Waals surface area contributed by atoms with E-state index in [4.69, 9.17) is 14.2 Å². The van der Waals surface area contributed by atoms with Crippen molar-refractivity contribution >= 4 is 0 Å². The van der Waals surface area contributed by atoms with E-state index in [1.807, 2.05) is 0 Å². The van der Waals surface area contributed by atoms with Crippen LogP contribution in [0.5, 0.6) is 5.88 Å². The Balaban J connectivity index is 1.37. The molecule has 0 unspecified atom stereocenters. The lowest BCUT2D eigenvalue weighted by molar-refractivity contribution is 0.0182. The van der Waals surface area contributed by atoms with Gasteiger partial charge >= 0.3 is 0 Å². The monoisotopic (exact) mass is 497 g/mol. The zero-order valence-corrected chi connectivity index (χ0v) is 21.2. The molecule has 4 rings (SSSR count). The molecule has 1 saturated carbocycles. The van der Waals surface area contributed by atoms with Crippen LogP contribution in [0.3, 0.4) is 0 Å². The summed E-state index contributed by atoms with van der Waals surface area (Å²) >= 11 is 0. The minimum Gasteiger partial charge on any atom is -0.475 e. The Morgan fingerprint density at radius 3 is 2.72 bits per heavy atom. The third-order valence-electron chi connectivity index (χ3n) is 7.27. The van der Waals surface area contributed by atoms with Crippen LogP contribution in [0.25, 0.3) is 11.3 Å². The first kappa shape index (κ1) is 26.4. The van der Waals surface area contributed by atoms with Gasteiger partial charge in [0.05, 0.1) is 42.4 Å². The normalized spacial score (nSPS) is 22.5. The number of rotatable bonds is 10. The van der Waals surface area contributed by atoms with Crippen LogP contribution in [-0.4, -0.2) is 60.6 Å². The van der Waals surface area contributed by atoms with Gasteiger partial charge in [-0.25, -0.2) is 9.37 Å². The van der Waals surface area contributed by atoms with Crippen molar-refractivity contribution in [2.75, 3.05) is 33.5 Å².